The van der Waals surface area contributed by atoms with E-state index in [1.807, 2.05) is 4.90 Å². The molecule has 1 saturated heterocycles. The third kappa shape index (κ3) is 4.03. The Labute approximate surface area is 162 Å². The van der Waals surface area contributed by atoms with Crippen molar-refractivity contribution in [1.29, 1.82) is 0 Å². The van der Waals surface area contributed by atoms with E-state index in [4.69, 9.17) is 0 Å². The number of nitrogens with zero attached hydrogens (tertiary/aromatic N) is 5. The molecule has 9 nitrogen and oxygen atoms in total. The van der Waals surface area contributed by atoms with Crippen LogP contribution in [0.4, 0.5) is 17.3 Å². The van der Waals surface area contributed by atoms with E-state index in [0.29, 0.717) is 36.8 Å². The van der Waals surface area contributed by atoms with Gasteiger partial charge in [-0.3, -0.25) is 14.9 Å². The molecule has 1 N–H and O–H groups in total. The summed E-state index contributed by atoms with van der Waals surface area (Å²) in [7, 11) is 0. The molecule has 28 heavy (non-hydrogen) atoms. The number of nitro groups is 1. The Morgan fingerprint density at radius 2 is 1.82 bits per heavy atom. The molecular formula is C19H22N6O3. The Hall–Kier alpha value is -3.23. The molecule has 2 aromatic rings. The minimum absolute atomic E-state index is 0.0344. The first kappa shape index (κ1) is 18.1. The largest absolute Gasteiger partial charge is 0.364 e. The van der Waals surface area contributed by atoms with Crippen LogP contribution in [-0.4, -0.2) is 53.0 Å². The highest BCUT2D eigenvalue weighted by molar-refractivity contribution is 5.96. The van der Waals surface area contributed by atoms with Crippen molar-refractivity contribution in [3.05, 3.63) is 52.3 Å². The monoisotopic (exact) mass is 382 g/mol. The predicted molar refractivity (Wildman–Crippen MR) is 105 cm³/mol. The van der Waals surface area contributed by atoms with Crippen molar-refractivity contribution in [1.82, 2.24) is 15.3 Å². The number of amides is 1. The van der Waals surface area contributed by atoms with Gasteiger partial charge >= 0.3 is 0 Å². The summed E-state index contributed by atoms with van der Waals surface area (Å²) < 4.78 is 0. The molecule has 1 aromatic heterocycles. The molecule has 1 aromatic carbocycles. The van der Waals surface area contributed by atoms with Gasteiger partial charge in [0.15, 0.2) is 0 Å². The van der Waals surface area contributed by atoms with Gasteiger partial charge in [-0.1, -0.05) is 0 Å². The van der Waals surface area contributed by atoms with E-state index in [9.17, 15) is 14.9 Å². The van der Waals surface area contributed by atoms with Crippen molar-refractivity contribution in [3.63, 3.8) is 0 Å². The van der Waals surface area contributed by atoms with E-state index < -0.39 is 4.92 Å². The minimum atomic E-state index is -0.411. The fourth-order valence-electron chi connectivity index (χ4n) is 3.39. The summed E-state index contributed by atoms with van der Waals surface area (Å²) in [5.74, 6) is 0.423. The lowest BCUT2D eigenvalue weighted by molar-refractivity contribution is -0.384. The summed E-state index contributed by atoms with van der Waals surface area (Å²) in [6, 6.07) is 6.73. The minimum Gasteiger partial charge on any atom is -0.364 e. The number of rotatable bonds is 5. The fourth-order valence-corrected chi connectivity index (χ4v) is 3.39. The summed E-state index contributed by atoms with van der Waals surface area (Å²) in [5.41, 5.74) is 0.841. The second-order valence-electron chi connectivity index (χ2n) is 7.08. The van der Waals surface area contributed by atoms with Crippen LogP contribution in [0.2, 0.25) is 0 Å². The van der Waals surface area contributed by atoms with Crippen LogP contribution in [0.15, 0.2) is 36.7 Å². The fraction of sp³-hybridized carbons (Fsp3) is 0.421. The second-order valence-corrected chi connectivity index (χ2v) is 7.08. The molecule has 146 valence electrons. The molecule has 4 rings (SSSR count). The first-order valence-electron chi connectivity index (χ1n) is 9.48. The van der Waals surface area contributed by atoms with E-state index in [-0.39, 0.29) is 17.6 Å². The Morgan fingerprint density at radius 1 is 1.11 bits per heavy atom. The zero-order chi connectivity index (χ0) is 19.5. The molecule has 2 heterocycles. The normalized spacial score (nSPS) is 17.1. The maximum Gasteiger partial charge on any atom is 0.293 e. The number of nitro benzene ring substituents is 1. The van der Waals surface area contributed by atoms with Crippen LogP contribution in [0.1, 0.15) is 29.6 Å². The van der Waals surface area contributed by atoms with Gasteiger partial charge in [-0.05, 0) is 37.5 Å². The second kappa shape index (κ2) is 7.79. The van der Waals surface area contributed by atoms with Crippen molar-refractivity contribution >= 4 is 23.2 Å². The molecule has 0 spiro atoms. The molecule has 2 aliphatic rings. The molecule has 1 aliphatic carbocycles. The zero-order valence-corrected chi connectivity index (χ0v) is 15.5. The summed E-state index contributed by atoms with van der Waals surface area (Å²) in [6.07, 6.45) is 6.20. The lowest BCUT2D eigenvalue weighted by atomic mass is 10.1. The highest BCUT2D eigenvalue weighted by atomic mass is 16.6. The van der Waals surface area contributed by atoms with E-state index in [1.165, 1.54) is 6.07 Å². The van der Waals surface area contributed by atoms with Crippen molar-refractivity contribution in [2.75, 3.05) is 36.0 Å². The van der Waals surface area contributed by atoms with Crippen LogP contribution in [0.5, 0.6) is 0 Å². The van der Waals surface area contributed by atoms with Gasteiger partial charge in [0.1, 0.15) is 5.69 Å². The van der Waals surface area contributed by atoms with Crippen LogP contribution < -0.4 is 15.1 Å². The number of aromatic nitrogens is 2. The highest BCUT2D eigenvalue weighted by Crippen LogP contribution is 2.31. The lowest BCUT2D eigenvalue weighted by Crippen LogP contribution is -2.32. The van der Waals surface area contributed by atoms with Crippen LogP contribution in [0.3, 0.4) is 0 Å². The molecule has 1 aliphatic heterocycles. The number of anilines is 2. The average molecular weight is 382 g/mol. The lowest BCUT2D eigenvalue weighted by Gasteiger charge is -2.23. The van der Waals surface area contributed by atoms with Crippen LogP contribution in [0.25, 0.3) is 0 Å². The SMILES string of the molecule is O=C(NC1CC1)c1ccc(N2CCCN(c3ncccn3)CC2)c([N+](=O)[O-])c1. The van der Waals surface area contributed by atoms with Gasteiger partial charge in [-0.15, -0.1) is 0 Å². The Bertz CT molecular complexity index is 871. The van der Waals surface area contributed by atoms with Gasteiger partial charge < -0.3 is 15.1 Å². The molecular weight excluding hydrogens is 360 g/mol. The smallest absolute Gasteiger partial charge is 0.293 e. The number of benzene rings is 1. The number of hydrogen-bond donors (Lipinski definition) is 1. The Morgan fingerprint density at radius 3 is 2.54 bits per heavy atom. The number of nitrogens with one attached hydrogen (secondary N) is 1. The van der Waals surface area contributed by atoms with Gasteiger partial charge in [0, 0.05) is 56.2 Å². The van der Waals surface area contributed by atoms with Gasteiger partial charge in [0.25, 0.3) is 11.6 Å². The number of hydrogen-bond acceptors (Lipinski definition) is 7. The number of carbonyl (C=O) groups excluding carboxylic acids is 1. The zero-order valence-electron chi connectivity index (χ0n) is 15.5. The van der Waals surface area contributed by atoms with E-state index in [1.54, 1.807) is 30.6 Å². The van der Waals surface area contributed by atoms with Gasteiger partial charge in [-0.25, -0.2) is 9.97 Å². The van der Waals surface area contributed by atoms with Gasteiger partial charge in [-0.2, -0.15) is 0 Å². The van der Waals surface area contributed by atoms with Crippen molar-refractivity contribution < 1.29 is 9.72 Å². The third-order valence-electron chi connectivity index (χ3n) is 5.02. The molecule has 9 heteroatoms. The molecule has 0 bridgehead atoms. The van der Waals surface area contributed by atoms with Crippen molar-refractivity contribution in [2.24, 2.45) is 0 Å². The molecule has 2 fully saturated rings. The van der Waals surface area contributed by atoms with E-state index >= 15 is 0 Å². The van der Waals surface area contributed by atoms with Gasteiger partial charge in [0.2, 0.25) is 5.95 Å². The topological polar surface area (TPSA) is 104 Å². The predicted octanol–water partition coefficient (Wildman–Crippen LogP) is 1.99. The maximum absolute atomic E-state index is 12.2. The van der Waals surface area contributed by atoms with E-state index in [2.05, 4.69) is 20.2 Å². The summed E-state index contributed by atoms with van der Waals surface area (Å²) in [6.45, 7) is 2.77. The van der Waals surface area contributed by atoms with Gasteiger partial charge in [0.05, 0.1) is 4.92 Å². The summed E-state index contributed by atoms with van der Waals surface area (Å²) in [4.78, 5) is 36.2. The molecule has 0 radical (unpaired) electrons. The number of carbonyl (C=O) groups is 1. The molecule has 1 saturated carbocycles. The third-order valence-corrected chi connectivity index (χ3v) is 5.02. The quantitative estimate of drug-likeness (QED) is 0.623. The van der Waals surface area contributed by atoms with Crippen molar-refractivity contribution in [2.45, 2.75) is 25.3 Å². The molecule has 0 unspecified atom stereocenters. The van der Waals surface area contributed by atoms with Crippen molar-refractivity contribution in [3.8, 4) is 0 Å². The summed E-state index contributed by atoms with van der Waals surface area (Å²) >= 11 is 0. The maximum atomic E-state index is 12.2. The van der Waals surface area contributed by atoms with Crippen LogP contribution in [-0.2, 0) is 0 Å². The first-order chi connectivity index (χ1) is 13.6. The summed E-state index contributed by atoms with van der Waals surface area (Å²) in [5, 5.41) is 14.5. The average Bonchev–Trinajstić information content (AvgIpc) is 3.54. The standard InChI is InChI=1S/C19H22N6O3/c26-18(22-15-4-5-15)14-3-6-16(17(13-14)25(27)28)23-9-2-10-24(12-11-23)19-20-7-1-8-21-19/h1,3,6-8,13,15H,2,4-5,9-12H2,(H,22,26). The highest BCUT2D eigenvalue weighted by Gasteiger charge is 2.27. The molecule has 1 amide bonds. The Kier molecular flexibility index (Phi) is 5.05. The molecule has 0 atom stereocenters. The van der Waals surface area contributed by atoms with Crippen LogP contribution >= 0.6 is 0 Å². The van der Waals surface area contributed by atoms with E-state index in [0.717, 1.165) is 25.8 Å². The first-order valence-corrected chi connectivity index (χ1v) is 9.48. The van der Waals surface area contributed by atoms with Crippen LogP contribution in [0, 0.1) is 10.1 Å². The Balaban J connectivity index is 1.52.